The largest absolute Gasteiger partial charge is 0.447 e. The molecular weight excluding hydrogens is 380 g/mol. The number of aryl methyl sites for hydroxylation is 1. The van der Waals surface area contributed by atoms with Gasteiger partial charge in [0.05, 0.1) is 19.8 Å². The van der Waals surface area contributed by atoms with E-state index < -0.39 is 0 Å². The van der Waals surface area contributed by atoms with E-state index in [-0.39, 0.29) is 5.91 Å². The Hall–Kier alpha value is -2.22. The third-order valence-corrected chi connectivity index (χ3v) is 5.79. The van der Waals surface area contributed by atoms with Crippen LogP contribution in [0.15, 0.2) is 34.9 Å². The molecule has 1 atom stereocenters. The van der Waals surface area contributed by atoms with Gasteiger partial charge in [0.1, 0.15) is 6.26 Å². The van der Waals surface area contributed by atoms with Crippen LogP contribution in [0.5, 0.6) is 0 Å². The number of amides is 1. The van der Waals surface area contributed by atoms with Crippen LogP contribution in [0.2, 0.25) is 0 Å². The van der Waals surface area contributed by atoms with Gasteiger partial charge in [-0.1, -0.05) is 31.2 Å². The number of nitrogens with one attached hydrogen (secondary N) is 1. The summed E-state index contributed by atoms with van der Waals surface area (Å²) in [6.07, 6.45) is 2.49. The monoisotopic (exact) mass is 414 g/mol. The molecule has 3 rings (SSSR count). The average Bonchev–Trinajstić information content (AvgIpc) is 3.23. The van der Waals surface area contributed by atoms with Crippen molar-refractivity contribution in [2.45, 2.75) is 46.3 Å². The third-order valence-electron chi connectivity index (χ3n) is 5.79. The molecular formula is C23H34N4O3. The summed E-state index contributed by atoms with van der Waals surface area (Å²) in [5.74, 6) is 0.384. The lowest BCUT2D eigenvalue weighted by molar-refractivity contribution is 0.0383. The summed E-state index contributed by atoms with van der Waals surface area (Å²) in [7, 11) is 0. The molecule has 2 heterocycles. The lowest BCUT2D eigenvalue weighted by Gasteiger charge is -2.27. The van der Waals surface area contributed by atoms with Gasteiger partial charge in [-0.05, 0) is 31.4 Å². The van der Waals surface area contributed by atoms with E-state index in [0.29, 0.717) is 30.7 Å². The predicted molar refractivity (Wildman–Crippen MR) is 116 cm³/mol. The Morgan fingerprint density at radius 2 is 2.03 bits per heavy atom. The molecule has 7 heteroatoms. The van der Waals surface area contributed by atoms with Gasteiger partial charge >= 0.3 is 0 Å². The van der Waals surface area contributed by atoms with Gasteiger partial charge in [-0.15, -0.1) is 0 Å². The molecule has 1 fully saturated rings. The molecule has 7 nitrogen and oxygen atoms in total. The molecule has 0 radical (unpaired) electrons. The molecule has 1 aromatic carbocycles. The molecule has 164 valence electrons. The van der Waals surface area contributed by atoms with Crippen LogP contribution < -0.4 is 5.32 Å². The summed E-state index contributed by atoms with van der Waals surface area (Å²) in [4.78, 5) is 21.5. The molecule has 0 bridgehead atoms. The lowest BCUT2D eigenvalue weighted by atomic mass is 10.1. The first-order valence-electron chi connectivity index (χ1n) is 10.9. The maximum Gasteiger partial charge on any atom is 0.273 e. The standard InChI is InChI=1S/C23H34N4O3/c1-4-19(3)27(15-20-8-6-5-7-18(20)2)16-22-25-21(17-30-22)23(28)24-9-10-26-11-13-29-14-12-26/h5-8,17,19H,4,9-16H2,1-3H3,(H,24,28). The van der Waals surface area contributed by atoms with E-state index >= 15 is 0 Å². The maximum absolute atomic E-state index is 12.4. The molecule has 1 saturated heterocycles. The van der Waals surface area contributed by atoms with Crippen molar-refractivity contribution in [3.63, 3.8) is 0 Å². The van der Waals surface area contributed by atoms with E-state index in [0.717, 1.165) is 45.8 Å². The fourth-order valence-corrected chi connectivity index (χ4v) is 3.54. The van der Waals surface area contributed by atoms with Crippen LogP contribution in [0.4, 0.5) is 0 Å². The Kier molecular flexibility index (Phi) is 8.42. The predicted octanol–water partition coefficient (Wildman–Crippen LogP) is 2.85. The highest BCUT2D eigenvalue weighted by Gasteiger charge is 2.19. The molecule has 0 aliphatic carbocycles. The van der Waals surface area contributed by atoms with Crippen molar-refractivity contribution in [1.82, 2.24) is 20.1 Å². The second-order valence-electron chi connectivity index (χ2n) is 7.93. The molecule has 1 aliphatic heterocycles. The Morgan fingerprint density at radius 3 is 2.77 bits per heavy atom. The molecule has 1 amide bonds. The minimum atomic E-state index is -0.188. The van der Waals surface area contributed by atoms with Crippen molar-refractivity contribution in [3.8, 4) is 0 Å². The molecule has 1 aliphatic rings. The minimum absolute atomic E-state index is 0.188. The molecule has 1 unspecified atom stereocenters. The second-order valence-corrected chi connectivity index (χ2v) is 7.93. The highest BCUT2D eigenvalue weighted by molar-refractivity contribution is 5.91. The summed E-state index contributed by atoms with van der Waals surface area (Å²) in [6, 6.07) is 8.80. The van der Waals surface area contributed by atoms with E-state index in [2.05, 4.69) is 65.1 Å². The van der Waals surface area contributed by atoms with Crippen LogP contribution in [-0.4, -0.2) is 66.1 Å². The number of hydrogen-bond donors (Lipinski definition) is 1. The van der Waals surface area contributed by atoms with Gasteiger partial charge < -0.3 is 14.5 Å². The Labute approximate surface area is 179 Å². The van der Waals surface area contributed by atoms with Crippen LogP contribution in [0.25, 0.3) is 0 Å². The number of morpholine rings is 1. The van der Waals surface area contributed by atoms with Gasteiger partial charge in [0.25, 0.3) is 5.91 Å². The summed E-state index contributed by atoms with van der Waals surface area (Å²) < 4.78 is 11.0. The molecule has 2 aromatic rings. The quantitative estimate of drug-likeness (QED) is 0.645. The number of hydrogen-bond acceptors (Lipinski definition) is 6. The number of nitrogens with zero attached hydrogens (tertiary/aromatic N) is 3. The van der Waals surface area contributed by atoms with Crippen LogP contribution in [-0.2, 0) is 17.8 Å². The summed E-state index contributed by atoms with van der Waals surface area (Å²) >= 11 is 0. The van der Waals surface area contributed by atoms with Crippen LogP contribution in [0.3, 0.4) is 0 Å². The van der Waals surface area contributed by atoms with Gasteiger partial charge in [-0.2, -0.15) is 0 Å². The maximum atomic E-state index is 12.4. The van der Waals surface area contributed by atoms with Gasteiger partial charge in [0.2, 0.25) is 5.89 Å². The van der Waals surface area contributed by atoms with E-state index in [4.69, 9.17) is 9.15 Å². The Bertz CT molecular complexity index is 801. The molecule has 1 N–H and O–H groups in total. The normalized spacial score (nSPS) is 16.0. The number of oxazole rings is 1. The van der Waals surface area contributed by atoms with Crippen molar-refractivity contribution in [2.24, 2.45) is 0 Å². The number of rotatable bonds is 10. The Balaban J connectivity index is 1.54. The molecule has 1 aromatic heterocycles. The first-order valence-corrected chi connectivity index (χ1v) is 10.9. The highest BCUT2D eigenvalue weighted by atomic mass is 16.5. The Morgan fingerprint density at radius 1 is 1.27 bits per heavy atom. The summed E-state index contributed by atoms with van der Waals surface area (Å²) in [5, 5.41) is 2.94. The van der Waals surface area contributed by atoms with E-state index in [1.807, 2.05) is 0 Å². The SMILES string of the molecule is CCC(C)N(Cc1nc(C(=O)NCCN2CCOCC2)co1)Cc1ccccc1C. The first kappa shape index (κ1) is 22.5. The van der Waals surface area contributed by atoms with Crippen LogP contribution in [0, 0.1) is 6.92 Å². The van der Waals surface area contributed by atoms with Crippen molar-refractivity contribution in [2.75, 3.05) is 39.4 Å². The number of carbonyl (C=O) groups is 1. The fraction of sp³-hybridized carbons (Fsp3) is 0.565. The fourth-order valence-electron chi connectivity index (χ4n) is 3.54. The first-order chi connectivity index (χ1) is 14.6. The zero-order valence-electron chi connectivity index (χ0n) is 18.4. The van der Waals surface area contributed by atoms with E-state index in [1.54, 1.807) is 0 Å². The van der Waals surface area contributed by atoms with Gasteiger partial charge in [-0.3, -0.25) is 14.6 Å². The van der Waals surface area contributed by atoms with Crippen LogP contribution >= 0.6 is 0 Å². The molecule has 0 saturated carbocycles. The third kappa shape index (κ3) is 6.39. The zero-order valence-corrected chi connectivity index (χ0v) is 18.4. The summed E-state index contributed by atoms with van der Waals surface area (Å²) in [6.45, 7) is 12.7. The second kappa shape index (κ2) is 11.2. The minimum Gasteiger partial charge on any atom is -0.447 e. The molecule has 0 spiro atoms. The van der Waals surface area contributed by atoms with Crippen molar-refractivity contribution in [3.05, 3.63) is 53.2 Å². The zero-order chi connectivity index (χ0) is 21.3. The van der Waals surface area contributed by atoms with Gasteiger partial charge in [0.15, 0.2) is 5.69 Å². The van der Waals surface area contributed by atoms with E-state index in [1.165, 1.54) is 17.4 Å². The summed E-state index contributed by atoms with van der Waals surface area (Å²) in [5.41, 5.74) is 2.91. The van der Waals surface area contributed by atoms with Crippen LogP contribution in [0.1, 0.15) is 47.8 Å². The van der Waals surface area contributed by atoms with Gasteiger partial charge in [-0.25, -0.2) is 4.98 Å². The molecule has 30 heavy (non-hydrogen) atoms. The van der Waals surface area contributed by atoms with Gasteiger partial charge in [0, 0.05) is 38.8 Å². The lowest BCUT2D eigenvalue weighted by Crippen LogP contribution is -2.41. The average molecular weight is 415 g/mol. The van der Waals surface area contributed by atoms with Crippen molar-refractivity contribution >= 4 is 5.91 Å². The number of ether oxygens (including phenoxy) is 1. The highest BCUT2D eigenvalue weighted by Crippen LogP contribution is 2.17. The van der Waals surface area contributed by atoms with Crippen molar-refractivity contribution in [1.29, 1.82) is 0 Å². The number of aromatic nitrogens is 1. The number of carbonyl (C=O) groups excluding carboxylic acids is 1. The topological polar surface area (TPSA) is 70.8 Å². The smallest absolute Gasteiger partial charge is 0.273 e. The van der Waals surface area contributed by atoms with Crippen molar-refractivity contribution < 1.29 is 13.9 Å². The van der Waals surface area contributed by atoms with E-state index in [9.17, 15) is 4.79 Å². The number of benzene rings is 1.